The Kier molecular flexibility index (Phi) is 4.33. The van der Waals surface area contributed by atoms with Gasteiger partial charge in [-0.3, -0.25) is 4.79 Å². The average molecular weight is 306 g/mol. The van der Waals surface area contributed by atoms with E-state index in [0.29, 0.717) is 11.1 Å². The summed E-state index contributed by atoms with van der Waals surface area (Å²) >= 11 is 0. The van der Waals surface area contributed by atoms with Crippen LogP contribution in [0.3, 0.4) is 0 Å². The van der Waals surface area contributed by atoms with E-state index in [1.54, 1.807) is 36.1 Å². The standard InChI is InChI=1S/C15H18N2O3S/c1-11(10-21(2,19)20)17(14-6-7-14)15(18)13-5-3-4-12(8-13)9-16/h3-5,8,11,14H,6-7,10H2,1-2H3/t11-/m1/s1. The topological polar surface area (TPSA) is 78.2 Å². The third-order valence-corrected chi connectivity index (χ3v) is 4.52. The van der Waals surface area contributed by atoms with Crippen LogP contribution in [-0.4, -0.2) is 43.3 Å². The van der Waals surface area contributed by atoms with E-state index in [9.17, 15) is 13.2 Å². The van der Waals surface area contributed by atoms with Crippen LogP contribution in [-0.2, 0) is 9.84 Å². The Hall–Kier alpha value is -1.87. The van der Waals surface area contributed by atoms with Crippen LogP contribution in [0.25, 0.3) is 0 Å². The summed E-state index contributed by atoms with van der Waals surface area (Å²) < 4.78 is 22.9. The highest BCUT2D eigenvalue weighted by atomic mass is 32.2. The Bertz CT molecular complexity index is 687. The van der Waals surface area contributed by atoms with Gasteiger partial charge in [0, 0.05) is 23.9 Å². The molecule has 1 saturated carbocycles. The quantitative estimate of drug-likeness (QED) is 0.827. The van der Waals surface area contributed by atoms with Crippen LogP contribution in [0.2, 0.25) is 0 Å². The van der Waals surface area contributed by atoms with Gasteiger partial charge in [0.2, 0.25) is 0 Å². The van der Waals surface area contributed by atoms with E-state index in [1.807, 2.05) is 6.07 Å². The molecule has 1 amide bonds. The average Bonchev–Trinajstić information content (AvgIpc) is 3.21. The van der Waals surface area contributed by atoms with Gasteiger partial charge in [-0.2, -0.15) is 5.26 Å². The highest BCUT2D eigenvalue weighted by Crippen LogP contribution is 2.30. The van der Waals surface area contributed by atoms with Crippen molar-refractivity contribution in [2.24, 2.45) is 0 Å². The molecule has 1 aromatic carbocycles. The van der Waals surface area contributed by atoms with Gasteiger partial charge in [0.1, 0.15) is 9.84 Å². The number of nitrogens with zero attached hydrogens (tertiary/aromatic N) is 2. The monoisotopic (exact) mass is 306 g/mol. The molecule has 0 unspecified atom stereocenters. The molecule has 0 aliphatic heterocycles. The Morgan fingerprint density at radius 1 is 1.48 bits per heavy atom. The maximum atomic E-state index is 12.6. The number of rotatable bonds is 5. The number of benzene rings is 1. The van der Waals surface area contributed by atoms with Crippen molar-refractivity contribution >= 4 is 15.7 Å². The minimum atomic E-state index is -3.15. The minimum absolute atomic E-state index is 0.0484. The lowest BCUT2D eigenvalue weighted by Gasteiger charge is -2.29. The summed E-state index contributed by atoms with van der Waals surface area (Å²) in [6, 6.07) is 8.26. The number of carbonyl (C=O) groups excluding carboxylic acids is 1. The van der Waals surface area contributed by atoms with Gasteiger partial charge in [0.05, 0.1) is 17.4 Å². The molecule has 1 aliphatic rings. The number of nitriles is 1. The van der Waals surface area contributed by atoms with Crippen molar-refractivity contribution in [3.63, 3.8) is 0 Å². The van der Waals surface area contributed by atoms with Crippen molar-refractivity contribution in [1.29, 1.82) is 5.26 Å². The van der Waals surface area contributed by atoms with Crippen LogP contribution in [0.1, 0.15) is 35.7 Å². The minimum Gasteiger partial charge on any atom is -0.332 e. The Morgan fingerprint density at radius 3 is 2.67 bits per heavy atom. The molecule has 1 fully saturated rings. The molecule has 0 aromatic heterocycles. The molecular weight excluding hydrogens is 288 g/mol. The summed E-state index contributed by atoms with van der Waals surface area (Å²) in [4.78, 5) is 14.3. The second-order valence-corrected chi connectivity index (χ2v) is 7.76. The largest absolute Gasteiger partial charge is 0.332 e. The van der Waals surface area contributed by atoms with Crippen LogP contribution >= 0.6 is 0 Å². The second kappa shape index (κ2) is 5.86. The highest BCUT2D eigenvalue weighted by Gasteiger charge is 2.37. The first-order valence-corrected chi connectivity index (χ1v) is 8.88. The molecule has 21 heavy (non-hydrogen) atoms. The van der Waals surface area contributed by atoms with E-state index < -0.39 is 9.84 Å². The van der Waals surface area contributed by atoms with E-state index >= 15 is 0 Å². The summed E-state index contributed by atoms with van der Waals surface area (Å²) in [5.41, 5.74) is 0.855. The van der Waals surface area contributed by atoms with Crippen molar-refractivity contribution < 1.29 is 13.2 Å². The van der Waals surface area contributed by atoms with Gasteiger partial charge < -0.3 is 4.90 Å². The molecule has 0 N–H and O–H groups in total. The molecule has 5 nitrogen and oxygen atoms in total. The molecule has 1 atom stereocenters. The summed E-state index contributed by atoms with van der Waals surface area (Å²) in [6.07, 6.45) is 2.98. The fourth-order valence-electron chi connectivity index (χ4n) is 2.47. The van der Waals surface area contributed by atoms with Gasteiger partial charge in [0.15, 0.2) is 0 Å². The molecule has 0 heterocycles. The van der Waals surface area contributed by atoms with Crippen LogP contribution in [0.5, 0.6) is 0 Å². The van der Waals surface area contributed by atoms with Gasteiger partial charge in [0.25, 0.3) is 5.91 Å². The Balaban J connectivity index is 2.25. The lowest BCUT2D eigenvalue weighted by Crippen LogP contribution is -2.43. The van der Waals surface area contributed by atoms with E-state index in [0.717, 1.165) is 12.8 Å². The number of carbonyl (C=O) groups is 1. The summed E-state index contributed by atoms with van der Waals surface area (Å²) in [7, 11) is -3.15. The van der Waals surface area contributed by atoms with Crippen molar-refractivity contribution in [1.82, 2.24) is 4.90 Å². The van der Waals surface area contributed by atoms with E-state index in [-0.39, 0.29) is 23.7 Å². The van der Waals surface area contributed by atoms with Gasteiger partial charge in [-0.1, -0.05) is 6.07 Å². The maximum absolute atomic E-state index is 12.6. The first-order valence-electron chi connectivity index (χ1n) is 6.82. The zero-order valence-corrected chi connectivity index (χ0v) is 12.9. The fraction of sp³-hybridized carbons (Fsp3) is 0.467. The highest BCUT2D eigenvalue weighted by molar-refractivity contribution is 7.90. The summed E-state index contributed by atoms with van der Waals surface area (Å²) in [5.74, 6) is -0.251. The maximum Gasteiger partial charge on any atom is 0.254 e. The Morgan fingerprint density at radius 2 is 2.14 bits per heavy atom. The zero-order valence-electron chi connectivity index (χ0n) is 12.1. The molecule has 6 heteroatoms. The molecule has 0 spiro atoms. The number of amides is 1. The number of hydrogen-bond acceptors (Lipinski definition) is 4. The lowest BCUT2D eigenvalue weighted by molar-refractivity contribution is 0.0692. The molecular formula is C15H18N2O3S. The van der Waals surface area contributed by atoms with Crippen LogP contribution in [0, 0.1) is 11.3 Å². The van der Waals surface area contributed by atoms with Crippen molar-refractivity contribution in [3.8, 4) is 6.07 Å². The van der Waals surface area contributed by atoms with Gasteiger partial charge >= 0.3 is 0 Å². The van der Waals surface area contributed by atoms with E-state index in [4.69, 9.17) is 5.26 Å². The molecule has 112 valence electrons. The molecule has 2 rings (SSSR count). The molecule has 1 aliphatic carbocycles. The smallest absolute Gasteiger partial charge is 0.254 e. The van der Waals surface area contributed by atoms with Crippen LogP contribution < -0.4 is 0 Å². The van der Waals surface area contributed by atoms with Gasteiger partial charge in [-0.05, 0) is 38.0 Å². The predicted octanol–water partition coefficient (Wildman–Crippen LogP) is 1.60. The molecule has 0 saturated heterocycles. The van der Waals surface area contributed by atoms with Gasteiger partial charge in [-0.25, -0.2) is 8.42 Å². The lowest BCUT2D eigenvalue weighted by atomic mass is 10.1. The number of hydrogen-bond donors (Lipinski definition) is 0. The first kappa shape index (κ1) is 15.5. The van der Waals surface area contributed by atoms with Crippen LogP contribution in [0.4, 0.5) is 0 Å². The molecule has 1 aromatic rings. The SMILES string of the molecule is C[C@H](CS(C)(=O)=O)N(C(=O)c1cccc(C#N)c1)C1CC1. The third-order valence-electron chi connectivity index (χ3n) is 3.43. The summed E-state index contributed by atoms with van der Waals surface area (Å²) in [6.45, 7) is 1.76. The zero-order chi connectivity index (χ0) is 15.6. The fourth-order valence-corrected chi connectivity index (χ4v) is 3.50. The number of sulfone groups is 1. The molecule has 0 radical (unpaired) electrons. The Labute approximate surface area is 125 Å². The predicted molar refractivity (Wildman–Crippen MR) is 79.5 cm³/mol. The van der Waals surface area contributed by atoms with E-state index in [2.05, 4.69) is 0 Å². The third kappa shape index (κ3) is 4.05. The normalized spacial score (nSPS) is 16.0. The van der Waals surface area contributed by atoms with Gasteiger partial charge in [-0.15, -0.1) is 0 Å². The van der Waals surface area contributed by atoms with E-state index in [1.165, 1.54) is 6.26 Å². The second-order valence-electron chi connectivity index (χ2n) is 5.58. The van der Waals surface area contributed by atoms with Crippen LogP contribution in [0.15, 0.2) is 24.3 Å². The molecule has 0 bridgehead atoms. The van der Waals surface area contributed by atoms with Crippen molar-refractivity contribution in [2.75, 3.05) is 12.0 Å². The van der Waals surface area contributed by atoms with Crippen molar-refractivity contribution in [2.45, 2.75) is 31.8 Å². The first-order chi connectivity index (χ1) is 9.81. The summed E-state index contributed by atoms with van der Waals surface area (Å²) in [5, 5.41) is 8.91. The van der Waals surface area contributed by atoms with Crippen molar-refractivity contribution in [3.05, 3.63) is 35.4 Å².